The number of aliphatic imine (C=N–C) groups is 1. The minimum atomic E-state index is -0.554. The zero-order valence-electron chi connectivity index (χ0n) is 17.7. The number of hydrogen-bond donors (Lipinski definition) is 2. The lowest BCUT2D eigenvalue weighted by Crippen LogP contribution is -2.16. The molecule has 170 valence electrons. The maximum Gasteiger partial charge on any atom is 0.280 e. The summed E-state index contributed by atoms with van der Waals surface area (Å²) in [5.74, 6) is -0.939. The number of thiazole rings is 1. The van der Waals surface area contributed by atoms with Crippen LogP contribution in [0.5, 0.6) is 0 Å². The van der Waals surface area contributed by atoms with E-state index in [-0.39, 0.29) is 5.96 Å². The second kappa shape index (κ2) is 10.6. The number of halogens is 2. The number of nitrogens with one attached hydrogen (secondary N) is 1. The number of carbonyl (C=O) groups is 1. The van der Waals surface area contributed by atoms with Crippen molar-refractivity contribution in [2.45, 2.75) is 6.54 Å². The molecule has 3 aromatic carbocycles. The molecule has 1 aromatic heterocycles. The predicted octanol–water partition coefficient (Wildman–Crippen LogP) is 6.94. The Hall–Kier alpha value is -3.59. The highest BCUT2D eigenvalue weighted by atomic mass is 35.5. The second-order valence-electron chi connectivity index (χ2n) is 7.17. The number of amides is 1. The van der Waals surface area contributed by atoms with Gasteiger partial charge in [-0.05, 0) is 54.1 Å². The summed E-state index contributed by atoms with van der Waals surface area (Å²) in [5, 5.41) is 7.07. The lowest BCUT2D eigenvalue weighted by molar-refractivity contribution is 0.100. The average Bonchev–Trinajstić information content (AvgIpc) is 3.34. The van der Waals surface area contributed by atoms with Gasteiger partial charge in [0.25, 0.3) is 5.91 Å². The molecular formula is C24H18Cl2N6OS. The zero-order chi connectivity index (χ0) is 24.1. The zero-order valence-corrected chi connectivity index (χ0v) is 20.0. The van der Waals surface area contributed by atoms with Crippen LogP contribution < -0.4 is 10.6 Å². The molecule has 0 radical (unpaired) electrons. The van der Waals surface area contributed by atoms with E-state index in [0.717, 1.165) is 27.6 Å². The molecule has 0 spiro atoms. The van der Waals surface area contributed by atoms with Gasteiger partial charge in [0.1, 0.15) is 0 Å². The molecule has 0 fully saturated rings. The maximum atomic E-state index is 12.1. The molecule has 10 heteroatoms. The quantitative estimate of drug-likeness (QED) is 0.167. The SMILES string of the molecule is N=NC(N)=NC(=O)c1ccc(CN(c2ccc(Cl)cc2)c2nc(-c3ccc(Cl)cc3)cs2)cc1. The number of nitrogens with zero attached hydrogens (tertiary/aromatic N) is 4. The van der Waals surface area contributed by atoms with Gasteiger partial charge in [0.05, 0.1) is 12.2 Å². The van der Waals surface area contributed by atoms with Crippen molar-refractivity contribution in [3.05, 3.63) is 99.3 Å². The highest BCUT2D eigenvalue weighted by molar-refractivity contribution is 7.14. The van der Waals surface area contributed by atoms with E-state index in [1.165, 1.54) is 11.3 Å². The van der Waals surface area contributed by atoms with E-state index >= 15 is 0 Å². The van der Waals surface area contributed by atoms with Crippen LogP contribution in [0.3, 0.4) is 0 Å². The third kappa shape index (κ3) is 5.66. The molecule has 0 aliphatic heterocycles. The smallest absolute Gasteiger partial charge is 0.280 e. The van der Waals surface area contributed by atoms with Crippen molar-refractivity contribution in [1.82, 2.24) is 4.98 Å². The predicted molar refractivity (Wildman–Crippen MR) is 137 cm³/mol. The lowest BCUT2D eigenvalue weighted by atomic mass is 10.1. The van der Waals surface area contributed by atoms with Crippen molar-refractivity contribution in [2.24, 2.45) is 15.8 Å². The molecule has 1 heterocycles. The van der Waals surface area contributed by atoms with Crippen LogP contribution >= 0.6 is 34.5 Å². The van der Waals surface area contributed by atoms with Gasteiger partial charge in [-0.1, -0.05) is 47.5 Å². The highest BCUT2D eigenvalue weighted by Crippen LogP contribution is 2.34. The Labute approximate surface area is 210 Å². The first-order valence-electron chi connectivity index (χ1n) is 10.0. The summed E-state index contributed by atoms with van der Waals surface area (Å²) in [5.41, 5.74) is 16.2. The highest BCUT2D eigenvalue weighted by Gasteiger charge is 2.16. The first kappa shape index (κ1) is 23.6. The maximum absolute atomic E-state index is 12.1. The molecule has 0 unspecified atom stereocenters. The lowest BCUT2D eigenvalue weighted by Gasteiger charge is -2.22. The van der Waals surface area contributed by atoms with Gasteiger partial charge >= 0.3 is 0 Å². The molecule has 34 heavy (non-hydrogen) atoms. The minimum absolute atomic E-state index is 0.354. The summed E-state index contributed by atoms with van der Waals surface area (Å²) < 4.78 is 0. The molecule has 7 nitrogen and oxygen atoms in total. The van der Waals surface area contributed by atoms with E-state index in [1.807, 2.05) is 66.0 Å². The van der Waals surface area contributed by atoms with Crippen LogP contribution in [0, 0.1) is 5.53 Å². The van der Waals surface area contributed by atoms with E-state index in [0.29, 0.717) is 22.2 Å². The Morgan fingerprint density at radius 1 is 0.971 bits per heavy atom. The summed E-state index contributed by atoms with van der Waals surface area (Å²) in [6.07, 6.45) is 0. The fourth-order valence-corrected chi connectivity index (χ4v) is 4.27. The van der Waals surface area contributed by atoms with Crippen LogP contribution in [0.25, 0.3) is 11.3 Å². The largest absolute Gasteiger partial charge is 0.366 e. The molecule has 0 aliphatic carbocycles. The summed E-state index contributed by atoms with van der Waals surface area (Å²) in [7, 11) is 0. The normalized spacial score (nSPS) is 11.3. The molecule has 1 amide bonds. The van der Waals surface area contributed by atoms with Gasteiger partial charge in [-0.25, -0.2) is 10.5 Å². The number of hydrogen-bond acceptors (Lipinski definition) is 5. The summed E-state index contributed by atoms with van der Waals surface area (Å²) in [6, 6.07) is 22.1. The van der Waals surface area contributed by atoms with E-state index in [9.17, 15) is 4.79 Å². The molecule has 4 rings (SSSR count). The van der Waals surface area contributed by atoms with E-state index < -0.39 is 5.91 Å². The number of anilines is 2. The number of nitrogens with two attached hydrogens (primary N) is 1. The van der Waals surface area contributed by atoms with Crippen molar-refractivity contribution in [3.8, 4) is 11.3 Å². The van der Waals surface area contributed by atoms with Crippen molar-refractivity contribution in [1.29, 1.82) is 5.53 Å². The topological polar surface area (TPSA) is 108 Å². The van der Waals surface area contributed by atoms with Crippen LogP contribution in [-0.2, 0) is 6.54 Å². The van der Waals surface area contributed by atoms with Crippen molar-refractivity contribution >= 4 is 57.2 Å². The monoisotopic (exact) mass is 508 g/mol. The summed E-state index contributed by atoms with van der Waals surface area (Å²) in [6.45, 7) is 0.511. The Kier molecular flexibility index (Phi) is 7.32. The third-order valence-electron chi connectivity index (χ3n) is 4.87. The Morgan fingerprint density at radius 3 is 2.21 bits per heavy atom. The van der Waals surface area contributed by atoms with Crippen LogP contribution in [0.1, 0.15) is 15.9 Å². The molecule has 0 atom stereocenters. The standard InChI is InChI=1S/C24H18Cl2N6OS/c25-18-7-5-16(6-8-18)21-14-34-24(29-21)32(20-11-9-19(26)10-12-20)13-15-1-3-17(4-2-15)22(33)30-23(27)31-28/h1-12,14,28H,13H2,(H2,27,30,33). The second-order valence-corrected chi connectivity index (χ2v) is 8.88. The number of aromatic nitrogens is 1. The van der Waals surface area contributed by atoms with Gasteiger partial charge in [0.2, 0.25) is 5.96 Å². The van der Waals surface area contributed by atoms with Crippen molar-refractivity contribution in [3.63, 3.8) is 0 Å². The number of guanidine groups is 1. The molecule has 0 saturated carbocycles. The first-order chi connectivity index (χ1) is 16.4. The minimum Gasteiger partial charge on any atom is -0.366 e. The van der Waals surface area contributed by atoms with Crippen LogP contribution in [-0.4, -0.2) is 16.9 Å². The van der Waals surface area contributed by atoms with Crippen LogP contribution in [0.4, 0.5) is 10.8 Å². The molecule has 4 aromatic rings. The van der Waals surface area contributed by atoms with E-state index in [2.05, 4.69) is 15.0 Å². The number of rotatable bonds is 6. The van der Waals surface area contributed by atoms with Gasteiger partial charge in [0.15, 0.2) is 5.13 Å². The fourth-order valence-electron chi connectivity index (χ4n) is 3.16. The summed E-state index contributed by atoms with van der Waals surface area (Å²) in [4.78, 5) is 22.6. The van der Waals surface area contributed by atoms with Gasteiger partial charge in [-0.15, -0.1) is 16.5 Å². The Bertz CT molecular complexity index is 1340. The van der Waals surface area contributed by atoms with Crippen molar-refractivity contribution < 1.29 is 4.79 Å². The molecule has 0 saturated heterocycles. The molecule has 0 bridgehead atoms. The van der Waals surface area contributed by atoms with Gasteiger partial charge in [-0.2, -0.15) is 4.99 Å². The average molecular weight is 509 g/mol. The Balaban J connectivity index is 1.63. The van der Waals surface area contributed by atoms with Crippen LogP contribution in [0.15, 0.2) is 88.3 Å². The number of carbonyl (C=O) groups excluding carboxylic acids is 1. The van der Waals surface area contributed by atoms with E-state index in [4.69, 9.17) is 39.5 Å². The van der Waals surface area contributed by atoms with Crippen molar-refractivity contribution in [2.75, 3.05) is 4.90 Å². The first-order valence-corrected chi connectivity index (χ1v) is 11.7. The Morgan fingerprint density at radius 2 is 1.59 bits per heavy atom. The van der Waals surface area contributed by atoms with Gasteiger partial charge < -0.3 is 10.6 Å². The molecule has 3 N–H and O–H groups in total. The van der Waals surface area contributed by atoms with Gasteiger partial charge in [0, 0.05) is 32.2 Å². The fraction of sp³-hybridized carbons (Fsp3) is 0.0417. The third-order valence-corrected chi connectivity index (χ3v) is 6.24. The van der Waals surface area contributed by atoms with Gasteiger partial charge in [-0.3, -0.25) is 4.79 Å². The van der Waals surface area contributed by atoms with E-state index in [1.54, 1.807) is 12.1 Å². The molecular weight excluding hydrogens is 491 g/mol. The molecule has 0 aliphatic rings. The number of benzene rings is 3. The van der Waals surface area contributed by atoms with Crippen LogP contribution in [0.2, 0.25) is 10.0 Å². The summed E-state index contributed by atoms with van der Waals surface area (Å²) >= 11 is 13.6.